The minimum absolute atomic E-state index is 0.350. The van der Waals surface area contributed by atoms with Crippen molar-refractivity contribution in [3.05, 3.63) is 29.3 Å². The number of halogens is 1. The van der Waals surface area contributed by atoms with E-state index in [1.54, 1.807) is 12.1 Å². The Bertz CT molecular complexity index is 441. The highest BCUT2D eigenvalue weighted by atomic mass is 35.5. The number of fused-ring (bicyclic) bond motifs is 1. The molecule has 1 aromatic heterocycles. The molecular weight excluding hydrogens is 188 g/mol. The SMILES string of the molecule is OB(O)c1cc2cccc(Cl)c2[nH]1. The molecule has 3 nitrogen and oxygen atoms in total. The van der Waals surface area contributed by atoms with E-state index in [-0.39, 0.29) is 0 Å². The second-order valence-corrected chi connectivity index (χ2v) is 3.21. The maximum absolute atomic E-state index is 8.90. The van der Waals surface area contributed by atoms with Crippen molar-refractivity contribution in [3.63, 3.8) is 0 Å². The van der Waals surface area contributed by atoms with E-state index >= 15 is 0 Å². The minimum Gasteiger partial charge on any atom is -0.422 e. The molecule has 2 aromatic rings. The van der Waals surface area contributed by atoms with Crippen LogP contribution in [-0.2, 0) is 0 Å². The van der Waals surface area contributed by atoms with Gasteiger partial charge in [0.05, 0.1) is 10.5 Å². The van der Waals surface area contributed by atoms with Crippen molar-refractivity contribution in [2.24, 2.45) is 0 Å². The maximum Gasteiger partial charge on any atom is 0.505 e. The van der Waals surface area contributed by atoms with E-state index < -0.39 is 7.12 Å². The summed E-state index contributed by atoms with van der Waals surface area (Å²) in [5.41, 5.74) is 1.08. The van der Waals surface area contributed by atoms with Crippen LogP contribution in [0.3, 0.4) is 0 Å². The van der Waals surface area contributed by atoms with Crippen LogP contribution in [0.4, 0.5) is 0 Å². The highest BCUT2D eigenvalue weighted by Gasteiger charge is 2.14. The Morgan fingerprint density at radius 3 is 2.69 bits per heavy atom. The van der Waals surface area contributed by atoms with Crippen molar-refractivity contribution < 1.29 is 10.0 Å². The van der Waals surface area contributed by atoms with Gasteiger partial charge in [0.15, 0.2) is 0 Å². The third kappa shape index (κ3) is 1.44. The molecule has 0 bridgehead atoms. The lowest BCUT2D eigenvalue weighted by molar-refractivity contribution is 0.424. The molecule has 0 spiro atoms. The number of hydrogen-bond acceptors (Lipinski definition) is 2. The number of H-pyrrole nitrogens is 1. The van der Waals surface area contributed by atoms with Gasteiger partial charge in [0.1, 0.15) is 0 Å². The van der Waals surface area contributed by atoms with E-state index in [2.05, 4.69) is 4.98 Å². The van der Waals surface area contributed by atoms with E-state index in [1.807, 2.05) is 12.1 Å². The van der Waals surface area contributed by atoms with Gasteiger partial charge in [-0.25, -0.2) is 0 Å². The van der Waals surface area contributed by atoms with Gasteiger partial charge in [-0.15, -0.1) is 0 Å². The molecular formula is C8H7BClNO2. The fraction of sp³-hybridized carbons (Fsp3) is 0. The van der Waals surface area contributed by atoms with Gasteiger partial charge in [-0.05, 0) is 12.1 Å². The standard InChI is InChI=1S/C8H7BClNO2/c10-6-3-1-2-5-4-7(9(12)13)11-8(5)6/h1-4,11-13H. The molecule has 0 atom stereocenters. The molecule has 0 saturated carbocycles. The van der Waals surface area contributed by atoms with E-state index in [0.717, 1.165) is 10.9 Å². The van der Waals surface area contributed by atoms with Crippen LogP contribution in [0.1, 0.15) is 0 Å². The average molecular weight is 195 g/mol. The Morgan fingerprint density at radius 1 is 1.31 bits per heavy atom. The molecule has 2 rings (SSSR count). The molecule has 1 aromatic carbocycles. The van der Waals surface area contributed by atoms with E-state index in [9.17, 15) is 0 Å². The molecule has 0 fully saturated rings. The van der Waals surface area contributed by atoms with E-state index in [0.29, 0.717) is 10.6 Å². The lowest BCUT2D eigenvalue weighted by Gasteiger charge is -1.92. The van der Waals surface area contributed by atoms with Crippen molar-refractivity contribution in [1.82, 2.24) is 4.98 Å². The van der Waals surface area contributed by atoms with Crippen molar-refractivity contribution in [3.8, 4) is 0 Å². The fourth-order valence-electron chi connectivity index (χ4n) is 1.28. The van der Waals surface area contributed by atoms with Crippen LogP contribution in [0.2, 0.25) is 5.02 Å². The molecule has 0 amide bonds. The second-order valence-electron chi connectivity index (χ2n) is 2.80. The third-order valence-electron chi connectivity index (χ3n) is 1.90. The number of para-hydroxylation sites is 1. The van der Waals surface area contributed by atoms with Crippen molar-refractivity contribution >= 4 is 35.2 Å². The van der Waals surface area contributed by atoms with Crippen LogP contribution in [0.5, 0.6) is 0 Å². The van der Waals surface area contributed by atoms with Gasteiger partial charge in [-0.1, -0.05) is 23.7 Å². The van der Waals surface area contributed by atoms with Gasteiger partial charge in [0.25, 0.3) is 0 Å². The quantitative estimate of drug-likeness (QED) is 0.581. The smallest absolute Gasteiger partial charge is 0.422 e. The predicted molar refractivity (Wildman–Crippen MR) is 53.1 cm³/mol. The Balaban J connectivity index is 2.68. The number of aromatic amines is 1. The Labute approximate surface area is 80.1 Å². The highest BCUT2D eigenvalue weighted by molar-refractivity contribution is 6.58. The Morgan fingerprint density at radius 2 is 2.08 bits per heavy atom. The Hall–Kier alpha value is -0.965. The van der Waals surface area contributed by atoms with Crippen LogP contribution < -0.4 is 5.59 Å². The molecule has 5 heteroatoms. The van der Waals surface area contributed by atoms with Gasteiger partial charge in [0, 0.05) is 11.0 Å². The number of benzene rings is 1. The summed E-state index contributed by atoms with van der Waals surface area (Å²) in [4.78, 5) is 2.83. The first kappa shape index (κ1) is 8.63. The maximum atomic E-state index is 8.90. The molecule has 0 aliphatic carbocycles. The average Bonchev–Trinajstić information content (AvgIpc) is 2.49. The summed E-state index contributed by atoms with van der Waals surface area (Å²) in [5, 5.41) is 19.2. The molecule has 0 saturated heterocycles. The first-order valence-corrected chi connectivity index (χ1v) is 4.19. The summed E-state index contributed by atoms with van der Waals surface area (Å²) in [6, 6.07) is 7.06. The molecule has 1 heterocycles. The largest absolute Gasteiger partial charge is 0.505 e. The first-order valence-electron chi connectivity index (χ1n) is 3.82. The van der Waals surface area contributed by atoms with Gasteiger partial charge in [0.2, 0.25) is 0 Å². The normalized spacial score (nSPS) is 10.7. The predicted octanol–water partition coefficient (Wildman–Crippen LogP) is 0.501. The summed E-state index contributed by atoms with van der Waals surface area (Å²) in [6.45, 7) is 0. The number of hydrogen-bond donors (Lipinski definition) is 3. The second kappa shape index (κ2) is 3.07. The molecule has 13 heavy (non-hydrogen) atoms. The topological polar surface area (TPSA) is 56.2 Å². The molecule has 0 radical (unpaired) electrons. The monoisotopic (exact) mass is 195 g/mol. The van der Waals surface area contributed by atoms with Crippen LogP contribution in [-0.4, -0.2) is 22.2 Å². The summed E-state index contributed by atoms with van der Waals surface area (Å²) in [7, 11) is -1.48. The zero-order valence-corrected chi connectivity index (χ0v) is 7.42. The summed E-state index contributed by atoms with van der Waals surface area (Å²) >= 11 is 5.88. The fourth-order valence-corrected chi connectivity index (χ4v) is 1.51. The third-order valence-corrected chi connectivity index (χ3v) is 2.22. The molecule has 3 N–H and O–H groups in total. The van der Waals surface area contributed by atoms with E-state index in [4.69, 9.17) is 21.6 Å². The van der Waals surface area contributed by atoms with Crippen molar-refractivity contribution in [1.29, 1.82) is 0 Å². The first-order chi connectivity index (χ1) is 6.18. The number of aromatic nitrogens is 1. The Kier molecular flexibility index (Phi) is 2.03. The number of rotatable bonds is 1. The van der Waals surface area contributed by atoms with Gasteiger partial charge < -0.3 is 15.0 Å². The van der Waals surface area contributed by atoms with Crippen LogP contribution in [0, 0.1) is 0 Å². The summed E-state index contributed by atoms with van der Waals surface area (Å²) in [6.07, 6.45) is 0. The lowest BCUT2D eigenvalue weighted by atomic mass is 9.87. The summed E-state index contributed by atoms with van der Waals surface area (Å²) < 4.78 is 0. The molecule has 0 aliphatic heterocycles. The van der Waals surface area contributed by atoms with Crippen LogP contribution in [0.15, 0.2) is 24.3 Å². The number of nitrogens with one attached hydrogen (secondary N) is 1. The van der Waals surface area contributed by atoms with Gasteiger partial charge in [-0.3, -0.25) is 0 Å². The molecule has 0 unspecified atom stereocenters. The van der Waals surface area contributed by atoms with Crippen molar-refractivity contribution in [2.45, 2.75) is 0 Å². The molecule has 66 valence electrons. The zero-order chi connectivity index (χ0) is 9.42. The van der Waals surface area contributed by atoms with Gasteiger partial charge in [-0.2, -0.15) is 0 Å². The van der Waals surface area contributed by atoms with Gasteiger partial charge >= 0.3 is 7.12 Å². The van der Waals surface area contributed by atoms with Crippen LogP contribution in [0.25, 0.3) is 10.9 Å². The summed E-state index contributed by atoms with van der Waals surface area (Å²) in [5.74, 6) is 0. The molecule has 0 aliphatic rings. The zero-order valence-electron chi connectivity index (χ0n) is 6.66. The van der Waals surface area contributed by atoms with Crippen LogP contribution >= 0.6 is 11.6 Å². The minimum atomic E-state index is -1.48. The highest BCUT2D eigenvalue weighted by Crippen LogP contribution is 2.20. The lowest BCUT2D eigenvalue weighted by Crippen LogP contribution is -2.30. The van der Waals surface area contributed by atoms with Crippen molar-refractivity contribution in [2.75, 3.05) is 0 Å². The van der Waals surface area contributed by atoms with E-state index in [1.165, 1.54) is 0 Å².